The highest BCUT2D eigenvalue weighted by molar-refractivity contribution is 7.84. The van der Waals surface area contributed by atoms with Crippen molar-refractivity contribution in [1.29, 1.82) is 0 Å². The molecule has 102 valence electrons. The lowest BCUT2D eigenvalue weighted by Gasteiger charge is -2.21. The second-order valence-corrected chi connectivity index (χ2v) is 5.86. The van der Waals surface area contributed by atoms with Crippen LogP contribution in [0.2, 0.25) is 0 Å². The Hall–Kier alpha value is -0.940. The van der Waals surface area contributed by atoms with Crippen molar-refractivity contribution < 1.29 is 13.3 Å². The molecule has 0 radical (unpaired) electrons. The Morgan fingerprint density at radius 1 is 1.44 bits per heavy atom. The quantitative estimate of drug-likeness (QED) is 0.864. The molecule has 0 spiro atoms. The van der Waals surface area contributed by atoms with Crippen molar-refractivity contribution in [3.05, 3.63) is 29.6 Å². The van der Waals surface area contributed by atoms with Gasteiger partial charge in [0.25, 0.3) is 0 Å². The van der Waals surface area contributed by atoms with Gasteiger partial charge in [0.1, 0.15) is 11.6 Å². The van der Waals surface area contributed by atoms with Gasteiger partial charge in [-0.1, -0.05) is 6.07 Å². The highest BCUT2D eigenvalue weighted by atomic mass is 32.2. The summed E-state index contributed by atoms with van der Waals surface area (Å²) in [5.74, 6) is 0.778. The van der Waals surface area contributed by atoms with E-state index in [0.29, 0.717) is 17.1 Å². The molecule has 1 rings (SSSR count). The molecule has 0 saturated carbocycles. The van der Waals surface area contributed by atoms with Gasteiger partial charge in [0.2, 0.25) is 0 Å². The molecule has 0 saturated heterocycles. The minimum absolute atomic E-state index is 0.0511. The molecule has 1 aromatic rings. The van der Waals surface area contributed by atoms with Crippen LogP contribution in [0.3, 0.4) is 0 Å². The zero-order valence-electron chi connectivity index (χ0n) is 11.2. The third-order valence-corrected chi connectivity index (χ3v) is 3.65. The molecular weight excluding hydrogens is 253 g/mol. The van der Waals surface area contributed by atoms with Crippen molar-refractivity contribution in [1.82, 2.24) is 5.32 Å². The van der Waals surface area contributed by atoms with E-state index in [4.69, 9.17) is 4.74 Å². The lowest BCUT2D eigenvalue weighted by atomic mass is 10.1. The molecule has 3 atom stereocenters. The van der Waals surface area contributed by atoms with Crippen LogP contribution in [0.15, 0.2) is 18.2 Å². The number of hydrogen-bond donors (Lipinski definition) is 1. The SMILES string of the molecule is COc1cccc(F)c1C(C)NC(C)CS(C)=O. The van der Waals surface area contributed by atoms with Gasteiger partial charge in [-0.25, -0.2) is 4.39 Å². The Balaban J connectivity index is 2.83. The van der Waals surface area contributed by atoms with Crippen LogP contribution in [-0.4, -0.2) is 29.4 Å². The van der Waals surface area contributed by atoms with Gasteiger partial charge >= 0.3 is 0 Å². The van der Waals surface area contributed by atoms with Gasteiger partial charge < -0.3 is 10.1 Å². The van der Waals surface area contributed by atoms with E-state index in [9.17, 15) is 8.60 Å². The summed E-state index contributed by atoms with van der Waals surface area (Å²) in [6, 6.07) is 4.63. The van der Waals surface area contributed by atoms with E-state index in [-0.39, 0.29) is 17.9 Å². The van der Waals surface area contributed by atoms with Crippen molar-refractivity contribution in [2.75, 3.05) is 19.1 Å². The Morgan fingerprint density at radius 2 is 2.11 bits per heavy atom. The van der Waals surface area contributed by atoms with Crippen LogP contribution >= 0.6 is 0 Å². The average Bonchev–Trinajstić information content (AvgIpc) is 2.26. The van der Waals surface area contributed by atoms with Crippen LogP contribution in [0.4, 0.5) is 4.39 Å². The molecule has 0 aliphatic rings. The van der Waals surface area contributed by atoms with Crippen molar-refractivity contribution in [3.8, 4) is 5.75 Å². The summed E-state index contributed by atoms with van der Waals surface area (Å²) in [5, 5.41) is 3.23. The van der Waals surface area contributed by atoms with Gasteiger partial charge in [-0.2, -0.15) is 0 Å². The third kappa shape index (κ3) is 4.07. The second kappa shape index (κ2) is 6.85. The molecule has 0 aromatic heterocycles. The minimum atomic E-state index is -0.868. The molecule has 1 N–H and O–H groups in total. The number of hydrogen-bond acceptors (Lipinski definition) is 3. The maximum atomic E-state index is 13.8. The Morgan fingerprint density at radius 3 is 2.67 bits per heavy atom. The normalized spacial score (nSPS) is 16.1. The zero-order chi connectivity index (χ0) is 13.7. The molecule has 0 amide bonds. The fourth-order valence-corrected chi connectivity index (χ4v) is 2.83. The molecule has 0 heterocycles. The van der Waals surface area contributed by atoms with Crippen molar-refractivity contribution in [2.45, 2.75) is 25.9 Å². The molecule has 1 aromatic carbocycles. The van der Waals surface area contributed by atoms with E-state index in [1.807, 2.05) is 13.8 Å². The smallest absolute Gasteiger partial charge is 0.131 e. The van der Waals surface area contributed by atoms with Gasteiger partial charge in [0, 0.05) is 40.5 Å². The van der Waals surface area contributed by atoms with Crippen LogP contribution in [0.25, 0.3) is 0 Å². The largest absolute Gasteiger partial charge is 0.496 e. The fourth-order valence-electron chi connectivity index (χ4n) is 2.03. The average molecular weight is 273 g/mol. The zero-order valence-corrected chi connectivity index (χ0v) is 12.0. The van der Waals surface area contributed by atoms with Gasteiger partial charge in [-0.15, -0.1) is 0 Å². The van der Waals surface area contributed by atoms with Crippen molar-refractivity contribution >= 4 is 10.8 Å². The van der Waals surface area contributed by atoms with Crippen LogP contribution < -0.4 is 10.1 Å². The third-order valence-electron chi connectivity index (χ3n) is 2.69. The summed E-state index contributed by atoms with van der Waals surface area (Å²) in [6.45, 7) is 3.81. The molecule has 0 aliphatic heterocycles. The molecule has 3 nitrogen and oxygen atoms in total. The fraction of sp³-hybridized carbons (Fsp3) is 0.538. The number of benzene rings is 1. The Kier molecular flexibility index (Phi) is 5.75. The van der Waals surface area contributed by atoms with E-state index in [2.05, 4.69) is 5.32 Å². The van der Waals surface area contributed by atoms with Gasteiger partial charge in [-0.3, -0.25) is 4.21 Å². The second-order valence-electron chi connectivity index (χ2n) is 4.39. The predicted octanol–water partition coefficient (Wildman–Crippen LogP) is 2.25. The van der Waals surface area contributed by atoms with Gasteiger partial charge in [-0.05, 0) is 26.0 Å². The summed E-state index contributed by atoms with van der Waals surface area (Å²) in [5.41, 5.74) is 0.508. The standard InChI is InChI=1S/C13H20FNO2S/c1-9(8-18(4)16)15-10(2)13-11(14)6-5-7-12(13)17-3/h5-7,9-10,15H,8H2,1-4H3. The summed E-state index contributed by atoms with van der Waals surface area (Å²) >= 11 is 0. The maximum Gasteiger partial charge on any atom is 0.131 e. The first-order valence-corrected chi connectivity index (χ1v) is 7.57. The monoisotopic (exact) mass is 273 g/mol. The van der Waals surface area contributed by atoms with E-state index in [1.165, 1.54) is 13.2 Å². The topological polar surface area (TPSA) is 38.3 Å². The van der Waals surface area contributed by atoms with E-state index in [1.54, 1.807) is 18.4 Å². The Labute approximate surface area is 110 Å². The summed E-state index contributed by atoms with van der Waals surface area (Å²) < 4.78 is 30.1. The summed E-state index contributed by atoms with van der Waals surface area (Å²) in [7, 11) is 0.655. The lowest BCUT2D eigenvalue weighted by molar-refractivity contribution is 0.389. The minimum Gasteiger partial charge on any atom is -0.496 e. The van der Waals surface area contributed by atoms with Crippen LogP contribution in [0.1, 0.15) is 25.5 Å². The first kappa shape index (κ1) is 15.1. The Bertz CT molecular complexity index is 425. The first-order chi connectivity index (χ1) is 8.45. The number of methoxy groups -OCH3 is 1. The maximum absolute atomic E-state index is 13.8. The van der Waals surface area contributed by atoms with E-state index >= 15 is 0 Å². The van der Waals surface area contributed by atoms with Crippen LogP contribution in [0.5, 0.6) is 5.75 Å². The molecule has 0 aliphatic carbocycles. The molecule has 0 bridgehead atoms. The predicted molar refractivity (Wildman–Crippen MR) is 72.9 cm³/mol. The molecule has 3 unspecified atom stereocenters. The number of ether oxygens (including phenoxy) is 1. The van der Waals surface area contributed by atoms with Gasteiger partial charge in [0.15, 0.2) is 0 Å². The van der Waals surface area contributed by atoms with Crippen molar-refractivity contribution in [2.24, 2.45) is 0 Å². The van der Waals surface area contributed by atoms with Gasteiger partial charge in [0.05, 0.1) is 7.11 Å². The number of rotatable bonds is 6. The number of halogens is 1. The molecular formula is C13H20FNO2S. The van der Waals surface area contributed by atoms with Crippen LogP contribution in [0, 0.1) is 5.82 Å². The highest BCUT2D eigenvalue weighted by Crippen LogP contribution is 2.27. The molecule has 0 fully saturated rings. The molecule has 18 heavy (non-hydrogen) atoms. The lowest BCUT2D eigenvalue weighted by Crippen LogP contribution is -2.33. The van der Waals surface area contributed by atoms with Crippen molar-refractivity contribution in [3.63, 3.8) is 0 Å². The summed E-state index contributed by atoms with van der Waals surface area (Å²) in [4.78, 5) is 0. The van der Waals surface area contributed by atoms with E-state index < -0.39 is 10.8 Å². The molecule has 5 heteroatoms. The van der Waals surface area contributed by atoms with E-state index in [0.717, 1.165) is 0 Å². The highest BCUT2D eigenvalue weighted by Gasteiger charge is 2.18. The number of nitrogens with one attached hydrogen (secondary N) is 1. The van der Waals surface area contributed by atoms with Crippen LogP contribution in [-0.2, 0) is 10.8 Å². The first-order valence-electron chi connectivity index (χ1n) is 5.84. The summed E-state index contributed by atoms with van der Waals surface area (Å²) in [6.07, 6.45) is 1.66.